The van der Waals surface area contributed by atoms with Crippen molar-refractivity contribution in [2.45, 2.75) is 13.1 Å². The Labute approximate surface area is 130 Å². The number of hydrogen-bond donors (Lipinski definition) is 1. The van der Waals surface area contributed by atoms with Gasteiger partial charge in [0.15, 0.2) is 5.13 Å². The molecule has 10 heteroatoms. The zero-order valence-electron chi connectivity index (χ0n) is 10.9. The number of alkyl halides is 3. The lowest BCUT2D eigenvalue weighted by Crippen LogP contribution is -2.11. The van der Waals surface area contributed by atoms with Crippen LogP contribution < -0.4 is 5.32 Å². The Hall–Kier alpha value is -2.07. The summed E-state index contributed by atoms with van der Waals surface area (Å²) in [6.45, 7) is 1.62. The number of thiazole rings is 1. The first kappa shape index (κ1) is 14.9. The molecule has 0 saturated carbocycles. The normalized spacial score (nSPS) is 11.8. The van der Waals surface area contributed by atoms with Gasteiger partial charge in [-0.05, 0) is 30.6 Å². The number of carbonyl (C=O) groups excluding carboxylic acids is 1. The predicted octanol–water partition coefficient (Wildman–Crippen LogP) is 3.73. The standard InChI is InChI=1S/C12H7F3N4OS2/c1-5-9(22-19-18-5)10(20)17-11-16-8-6(12(13,14)15)3-2-4-7(8)21-11/h2-4H,1H3,(H,16,17,20). The lowest BCUT2D eigenvalue weighted by Gasteiger charge is -2.06. The van der Waals surface area contributed by atoms with E-state index in [1.807, 2.05) is 0 Å². The minimum absolute atomic E-state index is 0.101. The Balaban J connectivity index is 1.96. The molecule has 0 aliphatic rings. The number of rotatable bonds is 2. The largest absolute Gasteiger partial charge is 0.418 e. The topological polar surface area (TPSA) is 67.8 Å². The summed E-state index contributed by atoms with van der Waals surface area (Å²) < 4.78 is 42.8. The Bertz CT molecular complexity index is 856. The molecule has 0 unspecified atom stereocenters. The number of aryl methyl sites for hydroxylation is 1. The van der Waals surface area contributed by atoms with E-state index in [9.17, 15) is 18.0 Å². The Morgan fingerprint density at radius 2 is 2.09 bits per heavy atom. The van der Waals surface area contributed by atoms with E-state index < -0.39 is 17.6 Å². The zero-order valence-corrected chi connectivity index (χ0v) is 12.6. The van der Waals surface area contributed by atoms with Gasteiger partial charge in [-0.15, -0.1) is 5.10 Å². The number of amides is 1. The third-order valence-electron chi connectivity index (χ3n) is 2.80. The van der Waals surface area contributed by atoms with E-state index >= 15 is 0 Å². The third kappa shape index (κ3) is 2.66. The molecular formula is C12H7F3N4OS2. The van der Waals surface area contributed by atoms with Crippen LogP contribution in [0.15, 0.2) is 18.2 Å². The first-order valence-corrected chi connectivity index (χ1v) is 7.52. The molecular weight excluding hydrogens is 337 g/mol. The van der Waals surface area contributed by atoms with Crippen molar-refractivity contribution in [2.75, 3.05) is 5.32 Å². The highest BCUT2D eigenvalue weighted by atomic mass is 32.1. The van der Waals surface area contributed by atoms with E-state index in [-0.39, 0.29) is 10.6 Å². The minimum atomic E-state index is -4.49. The van der Waals surface area contributed by atoms with Gasteiger partial charge < -0.3 is 0 Å². The molecule has 5 nitrogen and oxygen atoms in total. The Morgan fingerprint density at radius 1 is 1.32 bits per heavy atom. The van der Waals surface area contributed by atoms with Gasteiger partial charge >= 0.3 is 6.18 Å². The summed E-state index contributed by atoms with van der Waals surface area (Å²) in [5.74, 6) is -0.486. The van der Waals surface area contributed by atoms with Crippen LogP contribution in [-0.4, -0.2) is 20.5 Å². The van der Waals surface area contributed by atoms with Crippen molar-refractivity contribution in [3.8, 4) is 0 Å². The average molecular weight is 344 g/mol. The van der Waals surface area contributed by atoms with Gasteiger partial charge in [-0.25, -0.2) is 4.98 Å². The molecule has 114 valence electrons. The van der Waals surface area contributed by atoms with Crippen LogP contribution in [0.25, 0.3) is 10.2 Å². The molecule has 1 aromatic carbocycles. The molecule has 2 heterocycles. The van der Waals surface area contributed by atoms with E-state index in [0.717, 1.165) is 28.9 Å². The molecule has 0 aliphatic heterocycles. The van der Waals surface area contributed by atoms with Crippen LogP contribution >= 0.6 is 22.9 Å². The molecule has 1 N–H and O–H groups in total. The first-order valence-electron chi connectivity index (χ1n) is 5.93. The minimum Gasteiger partial charge on any atom is -0.297 e. The molecule has 0 bridgehead atoms. The SMILES string of the molecule is Cc1nnsc1C(=O)Nc1nc2c(C(F)(F)F)cccc2s1. The van der Waals surface area contributed by atoms with Crippen LogP contribution in [0.3, 0.4) is 0 Å². The van der Waals surface area contributed by atoms with Crippen LogP contribution in [0.4, 0.5) is 18.3 Å². The number of nitrogens with zero attached hydrogens (tertiary/aromatic N) is 3. The van der Waals surface area contributed by atoms with Crippen molar-refractivity contribution in [1.29, 1.82) is 0 Å². The number of halogens is 3. The van der Waals surface area contributed by atoms with Crippen molar-refractivity contribution in [1.82, 2.24) is 14.6 Å². The van der Waals surface area contributed by atoms with Crippen LogP contribution in [0.1, 0.15) is 20.9 Å². The third-order valence-corrected chi connectivity index (χ3v) is 4.57. The molecule has 0 fully saturated rings. The van der Waals surface area contributed by atoms with Gasteiger partial charge in [-0.2, -0.15) is 13.2 Å². The van der Waals surface area contributed by atoms with Crippen molar-refractivity contribution < 1.29 is 18.0 Å². The fourth-order valence-electron chi connectivity index (χ4n) is 1.82. The highest BCUT2D eigenvalue weighted by Gasteiger charge is 2.33. The van der Waals surface area contributed by atoms with E-state index in [0.29, 0.717) is 15.3 Å². The lowest BCUT2D eigenvalue weighted by molar-refractivity contribution is -0.136. The number of hydrogen-bond acceptors (Lipinski definition) is 6. The van der Waals surface area contributed by atoms with E-state index in [2.05, 4.69) is 19.9 Å². The summed E-state index contributed by atoms with van der Waals surface area (Å²) in [6.07, 6.45) is -4.49. The highest BCUT2D eigenvalue weighted by molar-refractivity contribution is 7.22. The predicted molar refractivity (Wildman–Crippen MR) is 77.2 cm³/mol. The monoisotopic (exact) mass is 344 g/mol. The number of aromatic nitrogens is 3. The van der Waals surface area contributed by atoms with E-state index in [1.54, 1.807) is 6.92 Å². The maximum atomic E-state index is 12.9. The van der Waals surface area contributed by atoms with Crippen molar-refractivity contribution in [3.05, 3.63) is 34.3 Å². The summed E-state index contributed by atoms with van der Waals surface area (Å²) in [4.78, 5) is 16.2. The highest BCUT2D eigenvalue weighted by Crippen LogP contribution is 2.37. The Morgan fingerprint density at radius 3 is 2.73 bits per heavy atom. The van der Waals surface area contributed by atoms with Crippen molar-refractivity contribution >= 4 is 44.1 Å². The van der Waals surface area contributed by atoms with E-state index in [4.69, 9.17) is 0 Å². The fourth-order valence-corrected chi connectivity index (χ4v) is 3.26. The molecule has 0 aliphatic carbocycles. The fraction of sp³-hybridized carbons (Fsp3) is 0.167. The number of para-hydroxylation sites is 1. The lowest BCUT2D eigenvalue weighted by atomic mass is 10.2. The second kappa shape index (κ2) is 5.29. The van der Waals surface area contributed by atoms with Gasteiger partial charge in [-0.1, -0.05) is 21.9 Å². The van der Waals surface area contributed by atoms with E-state index in [1.165, 1.54) is 12.1 Å². The van der Waals surface area contributed by atoms with Crippen molar-refractivity contribution in [3.63, 3.8) is 0 Å². The van der Waals surface area contributed by atoms with Gasteiger partial charge in [0.05, 0.1) is 21.5 Å². The summed E-state index contributed by atoms with van der Waals surface area (Å²) >= 11 is 1.89. The molecule has 0 radical (unpaired) electrons. The summed E-state index contributed by atoms with van der Waals surface area (Å²) in [5, 5.41) is 6.30. The smallest absolute Gasteiger partial charge is 0.297 e. The molecule has 2 aromatic heterocycles. The molecule has 0 atom stereocenters. The Kier molecular flexibility index (Phi) is 3.57. The van der Waals surface area contributed by atoms with Crippen LogP contribution in [-0.2, 0) is 6.18 Å². The molecule has 1 amide bonds. The summed E-state index contributed by atoms with van der Waals surface area (Å²) in [5.41, 5.74) is -0.536. The van der Waals surface area contributed by atoms with Gasteiger partial charge in [0.2, 0.25) is 0 Å². The van der Waals surface area contributed by atoms with Gasteiger partial charge in [0.1, 0.15) is 4.88 Å². The van der Waals surface area contributed by atoms with Gasteiger partial charge in [0.25, 0.3) is 5.91 Å². The first-order chi connectivity index (χ1) is 10.4. The molecule has 3 rings (SSSR count). The number of benzene rings is 1. The molecule has 22 heavy (non-hydrogen) atoms. The second-order valence-electron chi connectivity index (χ2n) is 4.31. The molecule has 0 spiro atoms. The number of anilines is 1. The zero-order chi connectivity index (χ0) is 15.9. The van der Waals surface area contributed by atoms with Crippen molar-refractivity contribution in [2.24, 2.45) is 0 Å². The number of fused-ring (bicyclic) bond motifs is 1. The quantitative estimate of drug-likeness (QED) is 0.769. The van der Waals surface area contributed by atoms with Gasteiger partial charge in [0, 0.05) is 0 Å². The number of carbonyl (C=O) groups is 1. The van der Waals surface area contributed by atoms with Crippen LogP contribution in [0.5, 0.6) is 0 Å². The number of nitrogens with one attached hydrogen (secondary N) is 1. The summed E-state index contributed by atoms with van der Waals surface area (Å²) in [7, 11) is 0. The maximum absolute atomic E-state index is 12.9. The maximum Gasteiger partial charge on any atom is 0.418 e. The van der Waals surface area contributed by atoms with Gasteiger partial charge in [-0.3, -0.25) is 10.1 Å². The van der Waals surface area contributed by atoms with Crippen LogP contribution in [0.2, 0.25) is 0 Å². The second-order valence-corrected chi connectivity index (χ2v) is 6.10. The van der Waals surface area contributed by atoms with Crippen LogP contribution in [0, 0.1) is 6.92 Å². The summed E-state index contributed by atoms with van der Waals surface area (Å²) in [6, 6.07) is 3.80. The molecule has 3 aromatic rings. The average Bonchev–Trinajstić information content (AvgIpc) is 3.02. The molecule has 0 saturated heterocycles.